The highest BCUT2D eigenvalue weighted by molar-refractivity contribution is 7.91. The van der Waals surface area contributed by atoms with Crippen molar-refractivity contribution in [2.45, 2.75) is 146 Å². The van der Waals surface area contributed by atoms with Crippen LogP contribution >= 0.6 is 11.3 Å². The number of aromatic nitrogens is 3. The Morgan fingerprint density at radius 3 is 2.58 bits per heavy atom. The van der Waals surface area contributed by atoms with E-state index in [1.165, 1.54) is 16.2 Å². The Labute approximate surface area is 389 Å². The second-order valence-corrected chi connectivity index (χ2v) is 22.4. The predicted octanol–water partition coefficient (Wildman–Crippen LogP) is 6.88. The van der Waals surface area contributed by atoms with Crippen LogP contribution in [-0.2, 0) is 35.6 Å². The number of para-hydroxylation sites is 1. The Hall–Kier alpha value is -5.71. The highest BCUT2D eigenvalue weighted by Crippen LogP contribution is 2.46. The number of nitrogens with zero attached hydrogens (tertiary/aromatic N) is 4. The highest BCUT2D eigenvalue weighted by Gasteiger charge is 2.61. The van der Waals surface area contributed by atoms with E-state index in [0.717, 1.165) is 45.9 Å². The van der Waals surface area contributed by atoms with Crippen LogP contribution < -0.4 is 24.8 Å². The third-order valence-corrected chi connectivity index (χ3v) is 15.7. The van der Waals surface area contributed by atoms with E-state index >= 15 is 0 Å². The zero-order chi connectivity index (χ0) is 47.2. The summed E-state index contributed by atoms with van der Waals surface area (Å²) < 4.78 is 47.4. The molecule has 4 heterocycles. The number of nitrogens with one attached hydrogen (secondary N) is 3. The van der Waals surface area contributed by atoms with E-state index < -0.39 is 67.9 Å². The Bertz CT molecular complexity index is 2730. The van der Waals surface area contributed by atoms with Crippen molar-refractivity contribution in [1.82, 2.24) is 34.8 Å². The SMILES string of the molecule is COc1cccc(Cc2csc(-c3cccc4c3nc(O[C@@H]3C[C@H]5C(=O)N[C@]6(C(=O)NS(=O)(=O)C7(C)CC7)CC6=C=CCCCCC[C@H](NC(=O)OC(C)(C)C)C(=O)N5C3)n4C(C)C)n2)c1. The molecule has 0 unspecified atom stereocenters. The number of hydrogen-bond donors (Lipinski definition) is 3. The molecule has 16 nitrogen and oxygen atoms in total. The molecule has 3 fully saturated rings. The van der Waals surface area contributed by atoms with Crippen LogP contribution in [0.15, 0.2) is 65.2 Å². The fourth-order valence-corrected chi connectivity index (χ4v) is 10.8. The summed E-state index contributed by atoms with van der Waals surface area (Å²) in [6.07, 6.45) is 4.72. The molecule has 8 rings (SSSR count). The summed E-state index contributed by atoms with van der Waals surface area (Å²) in [7, 11) is -2.40. The molecular formula is C48H59N7O9S2. The highest BCUT2D eigenvalue weighted by atomic mass is 32.2. The van der Waals surface area contributed by atoms with E-state index in [9.17, 15) is 27.6 Å². The van der Waals surface area contributed by atoms with Gasteiger partial charge in [0.05, 0.1) is 29.6 Å². The summed E-state index contributed by atoms with van der Waals surface area (Å²) in [6, 6.07) is 11.8. The fraction of sp³-hybridized carbons (Fsp3) is 0.521. The summed E-state index contributed by atoms with van der Waals surface area (Å²) in [5, 5.41) is 8.46. The monoisotopic (exact) mass is 941 g/mol. The van der Waals surface area contributed by atoms with E-state index in [1.54, 1.807) is 40.9 Å². The molecule has 4 aromatic rings. The first kappa shape index (κ1) is 46.8. The molecule has 3 N–H and O–H groups in total. The maximum absolute atomic E-state index is 14.8. The van der Waals surface area contributed by atoms with E-state index in [4.69, 9.17) is 24.2 Å². The first-order valence-electron chi connectivity index (χ1n) is 22.7. The maximum Gasteiger partial charge on any atom is 0.408 e. The van der Waals surface area contributed by atoms with Gasteiger partial charge < -0.3 is 29.7 Å². The van der Waals surface area contributed by atoms with E-state index in [2.05, 4.69) is 21.1 Å². The molecule has 4 amide bonds. The third kappa shape index (κ3) is 9.86. The topological polar surface area (TPSA) is 200 Å². The number of benzene rings is 2. The van der Waals surface area contributed by atoms with Gasteiger partial charge in [-0.2, -0.15) is 4.98 Å². The van der Waals surface area contributed by atoms with Crippen molar-refractivity contribution in [3.8, 4) is 22.3 Å². The fourth-order valence-electron chi connectivity index (χ4n) is 8.61. The minimum absolute atomic E-state index is 0.00789. The largest absolute Gasteiger partial charge is 0.497 e. The molecule has 4 atom stereocenters. The van der Waals surface area contributed by atoms with E-state index in [1.807, 2.05) is 66.3 Å². The van der Waals surface area contributed by atoms with Crippen LogP contribution in [0.25, 0.3) is 21.6 Å². The Morgan fingerprint density at radius 1 is 1.08 bits per heavy atom. The lowest BCUT2D eigenvalue weighted by Crippen LogP contribution is -2.58. The summed E-state index contributed by atoms with van der Waals surface area (Å²) in [5.74, 6) is -1.28. The van der Waals surface area contributed by atoms with Gasteiger partial charge in [-0.25, -0.2) is 18.2 Å². The van der Waals surface area contributed by atoms with E-state index in [0.29, 0.717) is 43.2 Å². The van der Waals surface area contributed by atoms with Gasteiger partial charge in [0.25, 0.3) is 11.9 Å². The molecule has 1 saturated heterocycles. The number of alkyl carbamates (subject to hydrolysis) is 1. The predicted molar refractivity (Wildman–Crippen MR) is 250 cm³/mol. The Balaban J connectivity index is 1.11. The van der Waals surface area contributed by atoms with Crippen LogP contribution in [0.5, 0.6) is 11.8 Å². The smallest absolute Gasteiger partial charge is 0.408 e. The van der Waals surface area contributed by atoms with Gasteiger partial charge in [-0.05, 0) is 110 Å². The Morgan fingerprint density at radius 2 is 1.85 bits per heavy atom. The molecule has 2 aliphatic carbocycles. The van der Waals surface area contributed by atoms with Crippen LogP contribution in [-0.4, -0.2) is 99.4 Å². The second-order valence-electron chi connectivity index (χ2n) is 19.3. The van der Waals surface area contributed by atoms with Crippen molar-refractivity contribution in [2.24, 2.45) is 0 Å². The van der Waals surface area contributed by atoms with Crippen molar-refractivity contribution < 1.29 is 41.8 Å². The minimum Gasteiger partial charge on any atom is -0.497 e. The van der Waals surface area contributed by atoms with Crippen molar-refractivity contribution in [3.63, 3.8) is 0 Å². The van der Waals surface area contributed by atoms with Gasteiger partial charge in [-0.1, -0.05) is 31.0 Å². The summed E-state index contributed by atoms with van der Waals surface area (Å²) in [5.41, 5.74) is 5.38. The zero-order valence-electron chi connectivity index (χ0n) is 38.6. The molecule has 18 heteroatoms. The number of thiazole rings is 1. The molecule has 0 radical (unpaired) electrons. The number of rotatable bonds is 11. The van der Waals surface area contributed by atoms with Crippen molar-refractivity contribution in [3.05, 3.63) is 76.5 Å². The molecule has 352 valence electrons. The molecule has 2 saturated carbocycles. The first-order valence-corrected chi connectivity index (χ1v) is 25.0. The normalized spacial score (nSPS) is 23.2. The first-order chi connectivity index (χ1) is 31.3. The number of methoxy groups -OCH3 is 1. The molecule has 4 aliphatic rings. The molecule has 66 heavy (non-hydrogen) atoms. The van der Waals surface area contributed by atoms with Gasteiger partial charge in [0, 0.05) is 41.8 Å². The minimum atomic E-state index is -4.04. The lowest BCUT2D eigenvalue weighted by molar-refractivity contribution is -0.141. The van der Waals surface area contributed by atoms with Crippen molar-refractivity contribution in [2.75, 3.05) is 13.7 Å². The van der Waals surface area contributed by atoms with Gasteiger partial charge in [0.1, 0.15) is 40.1 Å². The number of carbonyl (C=O) groups excluding carboxylic acids is 4. The summed E-state index contributed by atoms with van der Waals surface area (Å²) in [4.78, 5) is 68.1. The standard InChI is InChI=1S/C48H59N7O9S2/c1-29(2)55-37-20-14-18-35(41-49-32(28-65-41)23-30-15-13-17-33(24-30)62-7)39(37)51-44(55)63-34-25-38-40(56)52-48(43(58)53-66(60,61)47(6)21-22-47)26-31(48)16-11-9-8-10-12-19-36(42(57)54(38)27-34)50-45(59)64-46(3,4)5/h11,13-15,17-18,20,24,28-29,34,36,38H,8-10,12,19,21-23,25-27H2,1-7H3,(H,50,59)(H,52,56)(H,53,58)/t16?,34-,36+,38+,48-/m1/s1. The van der Waals surface area contributed by atoms with Crippen LogP contribution in [0.3, 0.4) is 0 Å². The van der Waals surface area contributed by atoms with Crippen molar-refractivity contribution in [1.29, 1.82) is 0 Å². The zero-order valence-corrected chi connectivity index (χ0v) is 40.2. The Kier molecular flexibility index (Phi) is 12.9. The number of fused-ring (bicyclic) bond motifs is 3. The lowest BCUT2D eigenvalue weighted by atomic mass is 10.1. The third-order valence-electron chi connectivity index (χ3n) is 12.6. The summed E-state index contributed by atoms with van der Waals surface area (Å²) in [6.45, 7) is 10.8. The van der Waals surface area contributed by atoms with Crippen molar-refractivity contribution >= 4 is 56.2 Å². The molecule has 2 aromatic heterocycles. The number of imidazole rings is 1. The van der Waals surface area contributed by atoms with Crippen LogP contribution in [0, 0.1) is 0 Å². The van der Waals surface area contributed by atoms with Gasteiger partial charge in [-0.15, -0.1) is 17.1 Å². The van der Waals surface area contributed by atoms with Crippen LogP contribution in [0.1, 0.15) is 117 Å². The number of sulfonamides is 1. The number of amides is 4. The molecule has 0 spiro atoms. The molecule has 0 bridgehead atoms. The molecule has 2 aromatic carbocycles. The van der Waals surface area contributed by atoms with Gasteiger partial charge in [-0.3, -0.25) is 23.7 Å². The number of ether oxygens (including phenoxy) is 3. The summed E-state index contributed by atoms with van der Waals surface area (Å²) >= 11 is 1.52. The average Bonchev–Trinajstić information content (AvgIpc) is 3.94. The maximum atomic E-state index is 14.8. The van der Waals surface area contributed by atoms with Gasteiger partial charge >= 0.3 is 6.09 Å². The number of carbonyl (C=O) groups is 4. The molecule has 2 aliphatic heterocycles. The second kappa shape index (κ2) is 18.2. The number of hydrogen-bond acceptors (Lipinski definition) is 12. The molecular weight excluding hydrogens is 883 g/mol. The van der Waals surface area contributed by atoms with Gasteiger partial charge in [0.15, 0.2) is 5.54 Å². The van der Waals surface area contributed by atoms with Crippen LogP contribution in [0.2, 0.25) is 0 Å². The van der Waals surface area contributed by atoms with Crippen LogP contribution in [0.4, 0.5) is 4.79 Å². The van der Waals surface area contributed by atoms with Gasteiger partial charge in [0.2, 0.25) is 21.8 Å². The quantitative estimate of drug-likeness (QED) is 0.132. The van der Waals surface area contributed by atoms with E-state index in [-0.39, 0.29) is 37.9 Å². The average molecular weight is 942 g/mol. The lowest BCUT2D eigenvalue weighted by Gasteiger charge is -2.30.